The normalized spacial score (nSPS) is 22.6. The Morgan fingerprint density at radius 3 is 2.59 bits per heavy atom. The summed E-state index contributed by atoms with van der Waals surface area (Å²) in [4.78, 5) is 38.9. The van der Waals surface area contributed by atoms with E-state index in [1.54, 1.807) is 11.8 Å². The molecule has 1 aromatic carbocycles. The molecule has 8 heteroatoms. The number of nitrogens with one attached hydrogen (secondary N) is 1. The maximum Gasteiger partial charge on any atom is 0.338 e. The summed E-state index contributed by atoms with van der Waals surface area (Å²) in [5.74, 6) is 0.703. The van der Waals surface area contributed by atoms with Gasteiger partial charge in [0.05, 0.1) is 6.61 Å². The first-order valence-corrected chi connectivity index (χ1v) is 10.3. The second kappa shape index (κ2) is 9.23. The van der Waals surface area contributed by atoms with Crippen molar-refractivity contribution >= 4 is 29.5 Å². The molecule has 2 aliphatic rings. The molecule has 0 aliphatic carbocycles. The van der Waals surface area contributed by atoms with Gasteiger partial charge >= 0.3 is 5.97 Å². The van der Waals surface area contributed by atoms with Crippen LogP contribution in [-0.4, -0.2) is 72.1 Å². The standard InChI is InChI=1S/C19H24N2O5S/c1-2-25-19(24)16-15(26-16)17(22)20-14(12-13-6-4-3-5-7-13)18(23)21-8-10-27-11-9-21/h3-7,14-16H,2,8-12H2,1H3,(H,20,22)/t14-,15-,16-/m0/s1. The number of rotatable bonds is 7. The van der Waals surface area contributed by atoms with Crippen molar-refractivity contribution in [3.63, 3.8) is 0 Å². The fourth-order valence-electron chi connectivity index (χ4n) is 3.02. The molecule has 0 aromatic heterocycles. The van der Waals surface area contributed by atoms with Crippen LogP contribution >= 0.6 is 11.8 Å². The quantitative estimate of drug-likeness (QED) is 0.541. The number of ether oxygens (including phenoxy) is 2. The molecule has 1 N–H and O–H groups in total. The maximum absolute atomic E-state index is 13.0. The zero-order chi connectivity index (χ0) is 19.2. The summed E-state index contributed by atoms with van der Waals surface area (Å²) in [5.41, 5.74) is 0.959. The molecule has 2 heterocycles. The van der Waals surface area contributed by atoms with Gasteiger partial charge in [0.1, 0.15) is 6.04 Å². The van der Waals surface area contributed by atoms with Gasteiger partial charge in [-0.3, -0.25) is 9.59 Å². The molecule has 0 saturated carbocycles. The van der Waals surface area contributed by atoms with Crippen LogP contribution in [0, 0.1) is 0 Å². The summed E-state index contributed by atoms with van der Waals surface area (Å²) in [5, 5.41) is 2.78. The first kappa shape index (κ1) is 19.7. The van der Waals surface area contributed by atoms with E-state index < -0.39 is 30.1 Å². The fraction of sp³-hybridized carbons (Fsp3) is 0.526. The lowest BCUT2D eigenvalue weighted by Crippen LogP contribution is -2.52. The summed E-state index contributed by atoms with van der Waals surface area (Å²) in [6.45, 7) is 3.28. The van der Waals surface area contributed by atoms with Gasteiger partial charge in [0.2, 0.25) is 5.91 Å². The van der Waals surface area contributed by atoms with Gasteiger partial charge in [-0.2, -0.15) is 11.8 Å². The number of benzene rings is 1. The molecular formula is C19H24N2O5S. The number of amides is 2. The molecule has 7 nitrogen and oxygen atoms in total. The van der Waals surface area contributed by atoms with Crippen molar-refractivity contribution in [3.8, 4) is 0 Å². The van der Waals surface area contributed by atoms with Gasteiger partial charge in [0, 0.05) is 31.0 Å². The van der Waals surface area contributed by atoms with Crippen LogP contribution in [0.15, 0.2) is 30.3 Å². The Morgan fingerprint density at radius 2 is 1.93 bits per heavy atom. The molecule has 0 bridgehead atoms. The lowest BCUT2D eigenvalue weighted by atomic mass is 10.0. The van der Waals surface area contributed by atoms with E-state index in [9.17, 15) is 14.4 Å². The Morgan fingerprint density at radius 1 is 1.22 bits per heavy atom. The van der Waals surface area contributed by atoms with E-state index in [2.05, 4.69) is 5.32 Å². The summed E-state index contributed by atoms with van der Waals surface area (Å²) in [6.07, 6.45) is -1.36. The lowest BCUT2D eigenvalue weighted by molar-refractivity contribution is -0.144. The number of hydrogen-bond acceptors (Lipinski definition) is 6. The number of hydrogen-bond donors (Lipinski definition) is 1. The molecule has 3 atom stereocenters. The fourth-order valence-corrected chi connectivity index (χ4v) is 3.93. The van der Waals surface area contributed by atoms with Crippen molar-refractivity contribution in [2.75, 3.05) is 31.2 Å². The minimum absolute atomic E-state index is 0.0964. The zero-order valence-electron chi connectivity index (χ0n) is 15.3. The predicted molar refractivity (Wildman–Crippen MR) is 101 cm³/mol. The summed E-state index contributed by atoms with van der Waals surface area (Å²) in [7, 11) is 0. The highest BCUT2D eigenvalue weighted by Gasteiger charge is 2.52. The number of thioether (sulfide) groups is 1. The van der Waals surface area contributed by atoms with E-state index in [-0.39, 0.29) is 12.5 Å². The van der Waals surface area contributed by atoms with Gasteiger partial charge < -0.3 is 19.7 Å². The third-order valence-corrected chi connectivity index (χ3v) is 5.43. The van der Waals surface area contributed by atoms with E-state index >= 15 is 0 Å². The topological polar surface area (TPSA) is 88.2 Å². The smallest absolute Gasteiger partial charge is 0.338 e. The second-order valence-corrected chi connectivity index (χ2v) is 7.64. The van der Waals surface area contributed by atoms with Crippen LogP contribution in [0.1, 0.15) is 12.5 Å². The molecule has 2 aliphatic heterocycles. The Hall–Kier alpha value is -2.06. The van der Waals surface area contributed by atoms with Crippen molar-refractivity contribution in [2.24, 2.45) is 0 Å². The van der Waals surface area contributed by atoms with Crippen LogP contribution in [0.25, 0.3) is 0 Å². The Balaban J connectivity index is 1.65. The van der Waals surface area contributed by atoms with Crippen molar-refractivity contribution in [1.29, 1.82) is 0 Å². The van der Waals surface area contributed by atoms with Crippen LogP contribution < -0.4 is 5.32 Å². The van der Waals surface area contributed by atoms with Crippen LogP contribution in [0.4, 0.5) is 0 Å². The van der Waals surface area contributed by atoms with E-state index in [1.165, 1.54) is 0 Å². The van der Waals surface area contributed by atoms with Crippen molar-refractivity contribution in [1.82, 2.24) is 10.2 Å². The van der Waals surface area contributed by atoms with E-state index in [0.29, 0.717) is 19.5 Å². The third-order valence-electron chi connectivity index (χ3n) is 4.49. The van der Waals surface area contributed by atoms with Gasteiger partial charge in [0.25, 0.3) is 5.91 Å². The highest BCUT2D eigenvalue weighted by molar-refractivity contribution is 7.99. The Bertz CT molecular complexity index is 678. The minimum Gasteiger partial charge on any atom is -0.464 e. The van der Waals surface area contributed by atoms with Gasteiger partial charge in [-0.15, -0.1) is 0 Å². The minimum atomic E-state index is -0.882. The Kier molecular flexibility index (Phi) is 6.73. The number of esters is 1. The van der Waals surface area contributed by atoms with Gasteiger partial charge in [0.15, 0.2) is 12.2 Å². The molecular weight excluding hydrogens is 368 g/mol. The predicted octanol–water partition coefficient (Wildman–Crippen LogP) is 0.620. The number of carbonyl (C=O) groups excluding carboxylic acids is 3. The van der Waals surface area contributed by atoms with Gasteiger partial charge in [-0.1, -0.05) is 30.3 Å². The Labute approximate surface area is 162 Å². The van der Waals surface area contributed by atoms with Gasteiger partial charge in [-0.25, -0.2) is 4.79 Å². The number of carbonyl (C=O) groups is 3. The summed E-state index contributed by atoms with van der Waals surface area (Å²) < 4.78 is 10.0. The molecule has 1 aromatic rings. The summed E-state index contributed by atoms with van der Waals surface area (Å²) >= 11 is 1.82. The molecule has 2 saturated heterocycles. The zero-order valence-corrected chi connectivity index (χ0v) is 16.1. The highest BCUT2D eigenvalue weighted by atomic mass is 32.2. The van der Waals surface area contributed by atoms with Gasteiger partial charge in [-0.05, 0) is 12.5 Å². The third kappa shape index (κ3) is 5.23. The molecule has 0 radical (unpaired) electrons. The molecule has 146 valence electrons. The molecule has 2 amide bonds. The first-order chi connectivity index (χ1) is 13.1. The summed E-state index contributed by atoms with van der Waals surface area (Å²) in [6, 6.07) is 8.87. The van der Waals surface area contributed by atoms with Crippen molar-refractivity contribution in [2.45, 2.75) is 31.6 Å². The van der Waals surface area contributed by atoms with Crippen molar-refractivity contribution in [3.05, 3.63) is 35.9 Å². The molecule has 0 unspecified atom stereocenters. The van der Waals surface area contributed by atoms with Crippen LogP contribution in [0.5, 0.6) is 0 Å². The largest absolute Gasteiger partial charge is 0.464 e. The second-order valence-electron chi connectivity index (χ2n) is 6.42. The van der Waals surface area contributed by atoms with Crippen LogP contribution in [-0.2, 0) is 30.3 Å². The first-order valence-electron chi connectivity index (χ1n) is 9.13. The highest BCUT2D eigenvalue weighted by Crippen LogP contribution is 2.24. The molecule has 27 heavy (non-hydrogen) atoms. The van der Waals surface area contributed by atoms with E-state index in [4.69, 9.17) is 9.47 Å². The average Bonchev–Trinajstić information content (AvgIpc) is 3.50. The SMILES string of the molecule is CCOC(=O)[C@H]1O[C@@H]1C(=O)N[C@@H](Cc1ccccc1)C(=O)N1CCSCC1. The number of nitrogens with zero attached hydrogens (tertiary/aromatic N) is 1. The van der Waals surface area contributed by atoms with Crippen LogP contribution in [0.3, 0.4) is 0 Å². The lowest BCUT2D eigenvalue weighted by Gasteiger charge is -2.30. The van der Waals surface area contributed by atoms with E-state index in [1.807, 2.05) is 42.1 Å². The van der Waals surface area contributed by atoms with E-state index in [0.717, 1.165) is 17.1 Å². The number of epoxide rings is 1. The average molecular weight is 392 g/mol. The molecule has 0 spiro atoms. The van der Waals surface area contributed by atoms with Crippen LogP contribution in [0.2, 0.25) is 0 Å². The molecule has 2 fully saturated rings. The molecule has 3 rings (SSSR count). The maximum atomic E-state index is 13.0. The monoisotopic (exact) mass is 392 g/mol. The van der Waals surface area contributed by atoms with Crippen molar-refractivity contribution < 1.29 is 23.9 Å².